The van der Waals surface area contributed by atoms with Gasteiger partial charge in [-0.05, 0) is 38.9 Å². The fraction of sp³-hybridized carbons (Fsp3) is 0.900. The van der Waals surface area contributed by atoms with Gasteiger partial charge in [0.05, 0.1) is 23.1 Å². The van der Waals surface area contributed by atoms with E-state index in [2.05, 4.69) is 5.32 Å². The van der Waals surface area contributed by atoms with Crippen molar-refractivity contribution in [2.75, 3.05) is 11.5 Å². The summed E-state index contributed by atoms with van der Waals surface area (Å²) in [6, 6.07) is 0. The molecule has 6 heteroatoms. The highest BCUT2D eigenvalue weighted by atomic mass is 32.2. The number of hydrogen-bond acceptors (Lipinski definition) is 4. The van der Waals surface area contributed by atoms with E-state index in [0.717, 1.165) is 6.42 Å². The molecule has 4 nitrogen and oxygen atoms in total. The molecule has 0 aromatic carbocycles. The predicted molar refractivity (Wildman–Crippen MR) is 68.2 cm³/mol. The van der Waals surface area contributed by atoms with Crippen LogP contribution in [0.5, 0.6) is 0 Å². The number of sulfone groups is 1. The molecule has 16 heavy (non-hydrogen) atoms. The topological polar surface area (TPSA) is 55.4 Å². The zero-order chi connectivity index (χ0) is 12.4. The van der Waals surface area contributed by atoms with Crippen LogP contribution in [0.25, 0.3) is 0 Å². The lowest BCUT2D eigenvalue weighted by molar-refractivity contribution is 0.193. The Morgan fingerprint density at radius 2 is 2.25 bits per heavy atom. The molecule has 0 aliphatic carbocycles. The molecule has 2 atom stereocenters. The molecule has 1 saturated heterocycles. The first kappa shape index (κ1) is 13.7. The highest BCUT2D eigenvalue weighted by Gasteiger charge is 2.39. The molecule has 0 aromatic heterocycles. The van der Waals surface area contributed by atoms with Crippen molar-refractivity contribution in [2.24, 2.45) is 0 Å². The lowest BCUT2D eigenvalue weighted by Gasteiger charge is -2.26. The Labute approximate surface area is 103 Å². The smallest absolute Gasteiger partial charge is 0.257 e. The summed E-state index contributed by atoms with van der Waals surface area (Å²) in [5.41, 5.74) is -0.469. The van der Waals surface area contributed by atoms with E-state index in [4.69, 9.17) is 17.0 Å². The molecule has 1 heterocycles. The van der Waals surface area contributed by atoms with E-state index in [9.17, 15) is 8.42 Å². The Kier molecular flexibility index (Phi) is 4.17. The zero-order valence-corrected chi connectivity index (χ0v) is 11.6. The molecule has 1 aliphatic rings. The fourth-order valence-corrected chi connectivity index (χ4v) is 4.15. The molecule has 1 aliphatic heterocycles. The van der Waals surface area contributed by atoms with E-state index >= 15 is 0 Å². The van der Waals surface area contributed by atoms with Crippen LogP contribution in [0.3, 0.4) is 0 Å². The highest BCUT2D eigenvalue weighted by molar-refractivity contribution is 7.91. The Morgan fingerprint density at radius 3 is 2.69 bits per heavy atom. The van der Waals surface area contributed by atoms with E-state index in [-0.39, 0.29) is 17.6 Å². The van der Waals surface area contributed by atoms with Gasteiger partial charge in [-0.1, -0.05) is 6.92 Å². The van der Waals surface area contributed by atoms with Gasteiger partial charge in [-0.15, -0.1) is 0 Å². The standard InChI is InChI=1S/C10H19NO3S2/c1-4-8(2)14-9(15)11-10(3)5-6-16(12,13)7-10/h8H,4-7H2,1-3H3,(H,11,15)/t8-,10-/m0/s1. The van der Waals surface area contributed by atoms with Gasteiger partial charge in [-0.2, -0.15) is 0 Å². The minimum atomic E-state index is -2.91. The van der Waals surface area contributed by atoms with Crippen molar-refractivity contribution in [3.05, 3.63) is 0 Å². The second-order valence-electron chi connectivity index (χ2n) is 4.65. The summed E-state index contributed by atoms with van der Waals surface area (Å²) in [6.07, 6.45) is 1.51. The summed E-state index contributed by atoms with van der Waals surface area (Å²) >= 11 is 5.05. The summed E-state index contributed by atoms with van der Waals surface area (Å²) in [6.45, 7) is 5.81. The van der Waals surface area contributed by atoms with Gasteiger partial charge in [0.2, 0.25) is 0 Å². The first-order valence-corrected chi connectivity index (χ1v) is 7.68. The molecule has 0 aromatic rings. The minimum Gasteiger partial charge on any atom is -0.468 e. The summed E-state index contributed by atoms with van der Waals surface area (Å²) in [5.74, 6) is 0.354. The lowest BCUT2D eigenvalue weighted by atomic mass is 10.0. The van der Waals surface area contributed by atoms with E-state index in [1.807, 2.05) is 20.8 Å². The Balaban J connectivity index is 2.52. The van der Waals surface area contributed by atoms with Crippen molar-refractivity contribution in [3.63, 3.8) is 0 Å². The van der Waals surface area contributed by atoms with E-state index < -0.39 is 15.4 Å². The largest absolute Gasteiger partial charge is 0.468 e. The normalized spacial score (nSPS) is 29.7. The quantitative estimate of drug-likeness (QED) is 0.778. The predicted octanol–water partition coefficient (Wildman–Crippen LogP) is 1.25. The van der Waals surface area contributed by atoms with Crippen LogP contribution in [0.2, 0.25) is 0 Å². The van der Waals surface area contributed by atoms with Crippen molar-refractivity contribution in [1.82, 2.24) is 5.32 Å². The maximum atomic E-state index is 11.4. The number of hydrogen-bond donors (Lipinski definition) is 1. The average Bonchev–Trinajstić information content (AvgIpc) is 2.39. The van der Waals surface area contributed by atoms with Gasteiger partial charge in [-0.3, -0.25) is 0 Å². The van der Waals surface area contributed by atoms with E-state index in [0.29, 0.717) is 11.6 Å². The summed E-state index contributed by atoms with van der Waals surface area (Å²) in [4.78, 5) is 0. The second kappa shape index (κ2) is 4.87. The molecule has 0 radical (unpaired) electrons. The summed E-state index contributed by atoms with van der Waals surface area (Å²) in [5, 5.41) is 3.31. The molecule has 0 spiro atoms. The Morgan fingerprint density at radius 1 is 1.62 bits per heavy atom. The number of nitrogens with one attached hydrogen (secondary N) is 1. The summed E-state index contributed by atoms with van der Waals surface area (Å²) < 4.78 is 28.2. The van der Waals surface area contributed by atoms with Crippen molar-refractivity contribution in [3.8, 4) is 0 Å². The number of ether oxygens (including phenoxy) is 1. The number of rotatable bonds is 3. The maximum Gasteiger partial charge on any atom is 0.257 e. The molecule has 0 amide bonds. The third-order valence-corrected chi connectivity index (χ3v) is 4.89. The van der Waals surface area contributed by atoms with Crippen LogP contribution in [0.4, 0.5) is 0 Å². The van der Waals surface area contributed by atoms with Gasteiger partial charge >= 0.3 is 0 Å². The third kappa shape index (κ3) is 3.90. The Bertz CT molecular complexity index is 366. The molecular weight excluding hydrogens is 246 g/mol. The van der Waals surface area contributed by atoms with Gasteiger partial charge in [0, 0.05) is 0 Å². The fourth-order valence-electron chi connectivity index (χ4n) is 1.65. The monoisotopic (exact) mass is 265 g/mol. The lowest BCUT2D eigenvalue weighted by Crippen LogP contribution is -2.47. The molecule has 1 N–H and O–H groups in total. The molecule has 1 fully saturated rings. The summed E-state index contributed by atoms with van der Waals surface area (Å²) in [7, 11) is -2.91. The average molecular weight is 265 g/mol. The van der Waals surface area contributed by atoms with Crippen LogP contribution in [0.1, 0.15) is 33.6 Å². The van der Waals surface area contributed by atoms with Crippen LogP contribution in [0, 0.1) is 0 Å². The SMILES string of the molecule is CC[C@H](C)OC(=S)N[C@@]1(C)CCS(=O)(=O)C1. The van der Waals surface area contributed by atoms with Gasteiger partial charge < -0.3 is 10.1 Å². The van der Waals surface area contributed by atoms with Crippen molar-refractivity contribution in [1.29, 1.82) is 0 Å². The maximum absolute atomic E-state index is 11.4. The van der Waals surface area contributed by atoms with Gasteiger partial charge in [0.25, 0.3) is 5.17 Å². The highest BCUT2D eigenvalue weighted by Crippen LogP contribution is 2.23. The third-order valence-electron chi connectivity index (χ3n) is 2.79. The van der Waals surface area contributed by atoms with Gasteiger partial charge in [0.1, 0.15) is 0 Å². The van der Waals surface area contributed by atoms with Crippen molar-refractivity contribution < 1.29 is 13.2 Å². The molecule has 94 valence electrons. The molecule has 0 saturated carbocycles. The minimum absolute atomic E-state index is 0.0570. The molecule has 0 unspecified atom stereocenters. The molecule has 1 rings (SSSR count). The second-order valence-corrected chi connectivity index (χ2v) is 7.21. The number of thiocarbonyl (C=S) groups is 1. The van der Waals surface area contributed by atoms with Crippen LogP contribution < -0.4 is 5.32 Å². The first-order chi connectivity index (χ1) is 7.26. The van der Waals surface area contributed by atoms with E-state index in [1.165, 1.54) is 0 Å². The van der Waals surface area contributed by atoms with Crippen molar-refractivity contribution in [2.45, 2.75) is 45.3 Å². The van der Waals surface area contributed by atoms with Crippen LogP contribution in [0.15, 0.2) is 0 Å². The molecular formula is C10H19NO3S2. The van der Waals surface area contributed by atoms with E-state index in [1.54, 1.807) is 0 Å². The van der Waals surface area contributed by atoms with Gasteiger partial charge in [-0.25, -0.2) is 8.42 Å². The van der Waals surface area contributed by atoms with Gasteiger partial charge in [0.15, 0.2) is 9.84 Å². The zero-order valence-electron chi connectivity index (χ0n) is 9.95. The van der Waals surface area contributed by atoms with Crippen molar-refractivity contribution >= 4 is 27.2 Å². The van der Waals surface area contributed by atoms with Crippen LogP contribution in [-0.2, 0) is 14.6 Å². The Hall–Kier alpha value is -0.360. The van der Waals surface area contributed by atoms with Crippen LogP contribution >= 0.6 is 12.2 Å². The van der Waals surface area contributed by atoms with Crippen LogP contribution in [-0.4, -0.2) is 36.7 Å². The first-order valence-electron chi connectivity index (χ1n) is 5.45. The molecule has 0 bridgehead atoms.